The van der Waals surface area contributed by atoms with E-state index in [9.17, 15) is 13.2 Å². The summed E-state index contributed by atoms with van der Waals surface area (Å²) in [5.74, 6) is -0.264. The smallest absolute Gasteiger partial charge is 0.253 e. The molecule has 7 nitrogen and oxygen atoms in total. The van der Waals surface area contributed by atoms with Crippen molar-refractivity contribution in [2.45, 2.75) is 36.1 Å². The van der Waals surface area contributed by atoms with Crippen LogP contribution >= 0.6 is 0 Å². The van der Waals surface area contributed by atoms with E-state index >= 15 is 0 Å². The lowest BCUT2D eigenvalue weighted by atomic mass is 10.1. The van der Waals surface area contributed by atoms with E-state index in [0.29, 0.717) is 16.1 Å². The van der Waals surface area contributed by atoms with Crippen LogP contribution in [0.4, 0.5) is 0 Å². The SMILES string of the molecule is CCCc1cccc(S(=O)(=O)c2ccc(CNC(=O)c3cnc4[nH]ncc4c3)cc2)c1. The first-order valence-electron chi connectivity index (χ1n) is 9.97. The maximum atomic E-state index is 13.0. The van der Waals surface area contributed by atoms with Crippen LogP contribution in [-0.4, -0.2) is 29.5 Å². The molecule has 0 radical (unpaired) electrons. The number of pyridine rings is 1. The van der Waals surface area contributed by atoms with Crippen LogP contribution in [-0.2, 0) is 22.8 Å². The van der Waals surface area contributed by atoms with Gasteiger partial charge in [-0.15, -0.1) is 0 Å². The molecule has 31 heavy (non-hydrogen) atoms. The number of hydrogen-bond acceptors (Lipinski definition) is 5. The van der Waals surface area contributed by atoms with Crippen molar-refractivity contribution < 1.29 is 13.2 Å². The van der Waals surface area contributed by atoms with Crippen molar-refractivity contribution in [3.05, 3.63) is 83.7 Å². The van der Waals surface area contributed by atoms with Crippen LogP contribution in [0.3, 0.4) is 0 Å². The van der Waals surface area contributed by atoms with Crippen molar-refractivity contribution in [2.75, 3.05) is 0 Å². The van der Waals surface area contributed by atoms with Crippen molar-refractivity contribution in [1.29, 1.82) is 0 Å². The summed E-state index contributed by atoms with van der Waals surface area (Å²) in [4.78, 5) is 17.1. The number of aromatic nitrogens is 3. The van der Waals surface area contributed by atoms with E-state index in [0.717, 1.165) is 29.4 Å². The highest BCUT2D eigenvalue weighted by Gasteiger charge is 2.18. The van der Waals surface area contributed by atoms with Crippen LogP contribution in [0.5, 0.6) is 0 Å². The van der Waals surface area contributed by atoms with Crippen LogP contribution in [0, 0.1) is 0 Å². The van der Waals surface area contributed by atoms with Crippen LogP contribution in [0.1, 0.15) is 34.8 Å². The van der Waals surface area contributed by atoms with E-state index in [1.807, 2.05) is 6.07 Å². The zero-order valence-corrected chi connectivity index (χ0v) is 17.8. The summed E-state index contributed by atoms with van der Waals surface area (Å²) in [6.07, 6.45) is 4.88. The molecule has 2 aromatic heterocycles. The van der Waals surface area contributed by atoms with Gasteiger partial charge in [-0.1, -0.05) is 37.6 Å². The summed E-state index contributed by atoms with van der Waals surface area (Å²) in [5, 5.41) is 10.2. The molecular weight excluding hydrogens is 412 g/mol. The summed E-state index contributed by atoms with van der Waals surface area (Å²) in [6.45, 7) is 2.33. The largest absolute Gasteiger partial charge is 0.348 e. The van der Waals surface area contributed by atoms with Gasteiger partial charge in [0.15, 0.2) is 5.65 Å². The zero-order valence-electron chi connectivity index (χ0n) is 17.0. The molecule has 158 valence electrons. The molecule has 0 aliphatic carbocycles. The Kier molecular flexibility index (Phi) is 5.81. The van der Waals surface area contributed by atoms with Crippen molar-refractivity contribution in [1.82, 2.24) is 20.5 Å². The predicted molar refractivity (Wildman–Crippen MR) is 117 cm³/mol. The number of amides is 1. The predicted octanol–water partition coefficient (Wildman–Crippen LogP) is 3.67. The maximum absolute atomic E-state index is 13.0. The Labute approximate surface area is 180 Å². The molecule has 8 heteroatoms. The van der Waals surface area contributed by atoms with E-state index in [1.54, 1.807) is 54.7 Å². The minimum Gasteiger partial charge on any atom is -0.348 e. The number of rotatable bonds is 7. The molecule has 0 aliphatic rings. The van der Waals surface area contributed by atoms with Crippen molar-refractivity contribution in [3.63, 3.8) is 0 Å². The lowest BCUT2D eigenvalue weighted by Gasteiger charge is -2.09. The first kappa shape index (κ1) is 20.7. The lowest BCUT2D eigenvalue weighted by molar-refractivity contribution is 0.0950. The Bertz CT molecular complexity index is 1330. The summed E-state index contributed by atoms with van der Waals surface area (Å²) in [5.41, 5.74) is 2.85. The maximum Gasteiger partial charge on any atom is 0.253 e. The Morgan fingerprint density at radius 2 is 1.81 bits per heavy atom. The molecule has 2 N–H and O–H groups in total. The number of carbonyl (C=O) groups is 1. The number of H-pyrrole nitrogens is 1. The van der Waals surface area contributed by atoms with Crippen LogP contribution in [0.2, 0.25) is 0 Å². The van der Waals surface area contributed by atoms with E-state index < -0.39 is 9.84 Å². The minimum atomic E-state index is -3.59. The van der Waals surface area contributed by atoms with Gasteiger partial charge in [0.1, 0.15) is 0 Å². The van der Waals surface area contributed by atoms with Gasteiger partial charge in [-0.25, -0.2) is 13.4 Å². The summed E-state index contributed by atoms with van der Waals surface area (Å²) in [7, 11) is -3.59. The number of nitrogens with zero attached hydrogens (tertiary/aromatic N) is 2. The fourth-order valence-electron chi connectivity index (χ4n) is 3.32. The zero-order chi connectivity index (χ0) is 21.8. The molecule has 4 aromatic rings. The topological polar surface area (TPSA) is 105 Å². The molecule has 0 saturated heterocycles. The molecule has 0 spiro atoms. The van der Waals surface area contributed by atoms with Crippen LogP contribution in [0.15, 0.2) is 76.8 Å². The molecule has 0 bridgehead atoms. The highest BCUT2D eigenvalue weighted by Crippen LogP contribution is 2.22. The second-order valence-corrected chi connectivity index (χ2v) is 9.21. The van der Waals surface area contributed by atoms with Gasteiger partial charge in [0.25, 0.3) is 5.91 Å². The number of hydrogen-bond donors (Lipinski definition) is 2. The Morgan fingerprint density at radius 1 is 1.00 bits per heavy atom. The molecule has 0 fully saturated rings. The van der Waals surface area contributed by atoms with E-state index in [-0.39, 0.29) is 17.3 Å². The van der Waals surface area contributed by atoms with Gasteiger partial charge in [0.05, 0.1) is 21.6 Å². The van der Waals surface area contributed by atoms with E-state index in [4.69, 9.17) is 0 Å². The third-order valence-corrected chi connectivity index (χ3v) is 6.75. The van der Waals surface area contributed by atoms with Gasteiger partial charge < -0.3 is 5.32 Å². The molecule has 2 aromatic carbocycles. The van der Waals surface area contributed by atoms with Gasteiger partial charge in [-0.2, -0.15) is 5.10 Å². The first-order chi connectivity index (χ1) is 15.0. The lowest BCUT2D eigenvalue weighted by Crippen LogP contribution is -2.22. The second-order valence-electron chi connectivity index (χ2n) is 7.26. The quantitative estimate of drug-likeness (QED) is 0.462. The van der Waals surface area contributed by atoms with E-state index in [1.165, 1.54) is 6.20 Å². The Hall–Kier alpha value is -3.52. The number of aromatic amines is 1. The monoisotopic (exact) mass is 434 g/mol. The molecule has 0 atom stereocenters. The van der Waals surface area contributed by atoms with Crippen LogP contribution < -0.4 is 5.32 Å². The first-order valence-corrected chi connectivity index (χ1v) is 11.5. The van der Waals surface area contributed by atoms with Crippen molar-refractivity contribution >= 4 is 26.8 Å². The molecule has 0 unspecified atom stereocenters. The van der Waals surface area contributed by atoms with Gasteiger partial charge in [-0.3, -0.25) is 9.89 Å². The normalized spacial score (nSPS) is 11.5. The molecule has 0 saturated carbocycles. The number of fused-ring (bicyclic) bond motifs is 1. The third kappa shape index (κ3) is 4.49. The Balaban J connectivity index is 1.45. The highest BCUT2D eigenvalue weighted by atomic mass is 32.2. The number of carbonyl (C=O) groups excluding carboxylic acids is 1. The van der Waals surface area contributed by atoms with Gasteiger partial charge in [0, 0.05) is 18.1 Å². The minimum absolute atomic E-state index is 0.228. The van der Waals surface area contributed by atoms with Gasteiger partial charge >= 0.3 is 0 Å². The number of benzene rings is 2. The molecule has 4 rings (SSSR count). The average molecular weight is 435 g/mol. The standard InChI is InChI=1S/C23H22N4O3S/c1-2-4-16-5-3-6-21(11-16)31(29,30)20-9-7-17(8-10-20)13-25-23(28)19-12-18-15-26-27-22(18)24-14-19/h3,5-12,14-15H,2,4,13H2,1H3,(H,25,28)(H,24,26,27). The third-order valence-electron chi connectivity index (χ3n) is 4.99. The van der Waals surface area contributed by atoms with Crippen LogP contribution in [0.25, 0.3) is 11.0 Å². The molecular formula is C23H22N4O3S. The summed E-state index contributed by atoms with van der Waals surface area (Å²) >= 11 is 0. The van der Waals surface area contributed by atoms with Gasteiger partial charge in [-0.05, 0) is 47.9 Å². The molecule has 2 heterocycles. The number of aryl methyl sites for hydroxylation is 1. The fourth-order valence-corrected chi connectivity index (χ4v) is 4.66. The molecule has 1 amide bonds. The second kappa shape index (κ2) is 8.69. The Morgan fingerprint density at radius 3 is 2.58 bits per heavy atom. The number of sulfone groups is 1. The fraction of sp³-hybridized carbons (Fsp3) is 0.174. The average Bonchev–Trinajstić information content (AvgIpc) is 3.26. The molecule has 0 aliphatic heterocycles. The summed E-state index contributed by atoms with van der Waals surface area (Å²) in [6, 6.07) is 15.3. The van der Waals surface area contributed by atoms with Crippen molar-refractivity contribution in [3.8, 4) is 0 Å². The number of nitrogens with one attached hydrogen (secondary N) is 2. The summed E-state index contributed by atoms with van der Waals surface area (Å²) < 4.78 is 25.9. The van der Waals surface area contributed by atoms with Crippen molar-refractivity contribution in [2.24, 2.45) is 0 Å². The van der Waals surface area contributed by atoms with Gasteiger partial charge in [0.2, 0.25) is 9.84 Å². The highest BCUT2D eigenvalue weighted by molar-refractivity contribution is 7.91. The van der Waals surface area contributed by atoms with E-state index in [2.05, 4.69) is 27.4 Å².